The first-order valence-corrected chi connectivity index (χ1v) is 8.43. The maximum absolute atomic E-state index is 5.59. The highest BCUT2D eigenvalue weighted by Crippen LogP contribution is 2.28. The van der Waals surface area contributed by atoms with Crippen molar-refractivity contribution in [2.75, 3.05) is 18.1 Å². The number of nitrogens with one attached hydrogen (secondary N) is 2. The Morgan fingerprint density at radius 1 is 1.26 bits per heavy atom. The molecule has 1 aromatic heterocycles. The zero-order chi connectivity index (χ0) is 13.5. The lowest BCUT2D eigenvalue weighted by atomic mass is 9.95. The molecule has 1 aliphatic rings. The summed E-state index contributed by atoms with van der Waals surface area (Å²) in [6.45, 7) is 3.77. The van der Waals surface area contributed by atoms with E-state index in [1.54, 1.807) is 0 Å². The van der Waals surface area contributed by atoms with Crippen LogP contribution in [0, 0.1) is 0 Å². The molecule has 1 saturated carbocycles. The summed E-state index contributed by atoms with van der Waals surface area (Å²) in [4.78, 5) is 0. The predicted octanol–water partition coefficient (Wildman–Crippen LogP) is 2.66. The number of thioether (sulfide) groups is 1. The molecule has 5 nitrogen and oxygen atoms in total. The fraction of sp³-hybridized carbons (Fsp3) is 0.846. The van der Waals surface area contributed by atoms with E-state index in [4.69, 9.17) is 4.42 Å². The first-order valence-electron chi connectivity index (χ1n) is 7.14. The SMILES string of the molecule is CCCNCc1nnc(NC2CCC(SC)CC2)o1. The molecule has 0 bridgehead atoms. The van der Waals surface area contributed by atoms with Gasteiger partial charge in [0.25, 0.3) is 0 Å². The van der Waals surface area contributed by atoms with Gasteiger partial charge >= 0.3 is 6.01 Å². The van der Waals surface area contributed by atoms with Crippen molar-refractivity contribution in [1.29, 1.82) is 0 Å². The molecule has 2 N–H and O–H groups in total. The molecule has 6 heteroatoms. The number of aromatic nitrogens is 2. The predicted molar refractivity (Wildman–Crippen MR) is 79.5 cm³/mol. The first kappa shape index (κ1) is 14.7. The molecule has 1 heterocycles. The zero-order valence-corrected chi connectivity index (χ0v) is 12.6. The molecule has 0 radical (unpaired) electrons. The quantitative estimate of drug-likeness (QED) is 0.751. The number of nitrogens with zero attached hydrogens (tertiary/aromatic N) is 2. The number of hydrogen-bond donors (Lipinski definition) is 2. The third kappa shape index (κ3) is 4.69. The van der Waals surface area contributed by atoms with Crippen molar-refractivity contribution in [1.82, 2.24) is 15.5 Å². The largest absolute Gasteiger partial charge is 0.407 e. The number of anilines is 1. The van der Waals surface area contributed by atoms with Crippen molar-refractivity contribution in [2.45, 2.75) is 56.9 Å². The third-order valence-electron chi connectivity index (χ3n) is 3.50. The van der Waals surface area contributed by atoms with Gasteiger partial charge in [-0.2, -0.15) is 11.8 Å². The van der Waals surface area contributed by atoms with Crippen molar-refractivity contribution in [3.05, 3.63) is 5.89 Å². The van der Waals surface area contributed by atoms with Crippen LogP contribution in [-0.2, 0) is 6.54 Å². The Hall–Kier alpha value is -0.750. The molecule has 1 aromatic rings. The van der Waals surface area contributed by atoms with Crippen LogP contribution < -0.4 is 10.6 Å². The molecule has 0 spiro atoms. The second-order valence-electron chi connectivity index (χ2n) is 5.03. The minimum absolute atomic E-state index is 0.486. The Morgan fingerprint density at radius 2 is 2.05 bits per heavy atom. The monoisotopic (exact) mass is 284 g/mol. The fourth-order valence-electron chi connectivity index (χ4n) is 2.37. The number of hydrogen-bond acceptors (Lipinski definition) is 6. The molecule has 0 aliphatic heterocycles. The van der Waals surface area contributed by atoms with E-state index in [0.29, 0.717) is 24.5 Å². The van der Waals surface area contributed by atoms with E-state index < -0.39 is 0 Å². The van der Waals surface area contributed by atoms with E-state index in [1.807, 2.05) is 11.8 Å². The Kier molecular flexibility index (Phi) is 5.97. The van der Waals surface area contributed by atoms with Gasteiger partial charge in [0.05, 0.1) is 6.54 Å². The van der Waals surface area contributed by atoms with Crippen LogP contribution in [0.25, 0.3) is 0 Å². The van der Waals surface area contributed by atoms with Crippen molar-refractivity contribution in [3.63, 3.8) is 0 Å². The maximum atomic E-state index is 5.59. The molecule has 19 heavy (non-hydrogen) atoms. The van der Waals surface area contributed by atoms with Gasteiger partial charge < -0.3 is 15.1 Å². The minimum atomic E-state index is 0.486. The second kappa shape index (κ2) is 7.75. The highest BCUT2D eigenvalue weighted by atomic mass is 32.2. The van der Waals surface area contributed by atoms with Gasteiger partial charge in [-0.15, -0.1) is 5.10 Å². The third-order valence-corrected chi connectivity index (χ3v) is 4.64. The van der Waals surface area contributed by atoms with Gasteiger partial charge in [0, 0.05) is 11.3 Å². The van der Waals surface area contributed by atoms with E-state index in [2.05, 4.69) is 34.0 Å². The van der Waals surface area contributed by atoms with Crippen molar-refractivity contribution in [2.24, 2.45) is 0 Å². The molecule has 0 amide bonds. The summed E-state index contributed by atoms with van der Waals surface area (Å²) < 4.78 is 5.59. The molecule has 0 saturated heterocycles. The Labute approximate surface area is 119 Å². The van der Waals surface area contributed by atoms with E-state index in [-0.39, 0.29) is 0 Å². The Morgan fingerprint density at radius 3 is 2.74 bits per heavy atom. The van der Waals surface area contributed by atoms with Crippen LogP contribution in [0.3, 0.4) is 0 Å². The molecule has 0 atom stereocenters. The van der Waals surface area contributed by atoms with Gasteiger partial charge in [0.15, 0.2) is 0 Å². The van der Waals surface area contributed by atoms with Gasteiger partial charge in [-0.05, 0) is 44.9 Å². The Balaban J connectivity index is 1.74. The zero-order valence-electron chi connectivity index (χ0n) is 11.8. The summed E-state index contributed by atoms with van der Waals surface area (Å²) in [5.74, 6) is 0.661. The van der Waals surface area contributed by atoms with E-state index in [1.165, 1.54) is 25.7 Å². The van der Waals surface area contributed by atoms with E-state index in [9.17, 15) is 0 Å². The lowest BCUT2D eigenvalue weighted by molar-refractivity contribution is 0.441. The lowest BCUT2D eigenvalue weighted by Crippen LogP contribution is -2.27. The van der Waals surface area contributed by atoms with Crippen LogP contribution in [-0.4, -0.2) is 34.3 Å². The minimum Gasteiger partial charge on any atom is -0.407 e. The first-order chi connectivity index (χ1) is 9.31. The van der Waals surface area contributed by atoms with Crippen LogP contribution in [0.1, 0.15) is 44.9 Å². The number of rotatable bonds is 7. The summed E-state index contributed by atoms with van der Waals surface area (Å²) in [6.07, 6.45) is 8.24. The smallest absolute Gasteiger partial charge is 0.315 e. The van der Waals surface area contributed by atoms with Gasteiger partial charge in [0.2, 0.25) is 5.89 Å². The van der Waals surface area contributed by atoms with E-state index in [0.717, 1.165) is 18.2 Å². The highest BCUT2D eigenvalue weighted by Gasteiger charge is 2.21. The Bertz CT molecular complexity index is 363. The molecule has 0 aromatic carbocycles. The summed E-state index contributed by atoms with van der Waals surface area (Å²) >= 11 is 1.98. The topological polar surface area (TPSA) is 63.0 Å². The summed E-state index contributed by atoms with van der Waals surface area (Å²) in [7, 11) is 0. The molecule has 108 valence electrons. The maximum Gasteiger partial charge on any atom is 0.315 e. The van der Waals surface area contributed by atoms with Crippen LogP contribution in [0.2, 0.25) is 0 Å². The van der Waals surface area contributed by atoms with Crippen LogP contribution in [0.5, 0.6) is 0 Å². The van der Waals surface area contributed by atoms with Gasteiger partial charge in [-0.3, -0.25) is 0 Å². The lowest BCUT2D eigenvalue weighted by Gasteiger charge is -2.27. The second-order valence-corrected chi connectivity index (χ2v) is 6.17. The average molecular weight is 284 g/mol. The molecule has 1 aliphatic carbocycles. The molecular weight excluding hydrogens is 260 g/mol. The molecule has 1 fully saturated rings. The van der Waals surface area contributed by atoms with Crippen LogP contribution >= 0.6 is 11.8 Å². The van der Waals surface area contributed by atoms with Gasteiger partial charge in [-0.25, -0.2) is 0 Å². The molecule has 2 rings (SSSR count). The van der Waals surface area contributed by atoms with Crippen molar-refractivity contribution < 1.29 is 4.42 Å². The standard InChI is InChI=1S/C13H24N4OS/c1-3-8-14-9-12-16-17-13(18-12)15-10-4-6-11(19-2)7-5-10/h10-11,14H,3-9H2,1-2H3,(H,15,17). The fourth-order valence-corrected chi connectivity index (χ4v) is 3.12. The van der Waals surface area contributed by atoms with Gasteiger partial charge in [0.1, 0.15) is 0 Å². The summed E-state index contributed by atoms with van der Waals surface area (Å²) in [6, 6.07) is 1.06. The van der Waals surface area contributed by atoms with Crippen molar-refractivity contribution >= 4 is 17.8 Å². The molecular formula is C13H24N4OS. The van der Waals surface area contributed by atoms with Crippen LogP contribution in [0.15, 0.2) is 4.42 Å². The summed E-state index contributed by atoms with van der Waals surface area (Å²) in [5, 5.41) is 15.5. The van der Waals surface area contributed by atoms with E-state index >= 15 is 0 Å². The average Bonchev–Trinajstić information content (AvgIpc) is 2.88. The van der Waals surface area contributed by atoms with Crippen molar-refractivity contribution in [3.8, 4) is 0 Å². The molecule has 0 unspecified atom stereocenters. The normalized spacial score (nSPS) is 23.5. The van der Waals surface area contributed by atoms with Crippen LogP contribution in [0.4, 0.5) is 6.01 Å². The summed E-state index contributed by atoms with van der Waals surface area (Å²) in [5.41, 5.74) is 0. The highest BCUT2D eigenvalue weighted by molar-refractivity contribution is 7.99. The van der Waals surface area contributed by atoms with Gasteiger partial charge in [-0.1, -0.05) is 12.0 Å².